The number of benzene rings is 2. The van der Waals surface area contributed by atoms with Gasteiger partial charge in [-0.05, 0) is 66.5 Å². The fourth-order valence-corrected chi connectivity index (χ4v) is 3.57. The van der Waals surface area contributed by atoms with Crippen molar-refractivity contribution >= 4 is 18.3 Å². The van der Waals surface area contributed by atoms with E-state index in [1.165, 1.54) is 18.9 Å². The number of hydrogen-bond acceptors (Lipinski definition) is 2. The van der Waals surface area contributed by atoms with Gasteiger partial charge in [-0.2, -0.15) is 0 Å². The number of carbonyl (C=O) groups excluding carboxylic acids is 1. The highest BCUT2D eigenvalue weighted by atomic mass is 35.5. The van der Waals surface area contributed by atoms with E-state index in [0.29, 0.717) is 29.1 Å². The smallest absolute Gasteiger partial charge is 0.248 e. The Bertz CT molecular complexity index is 779. The molecule has 1 aliphatic rings. The number of halogens is 2. The lowest BCUT2D eigenvalue weighted by Crippen LogP contribution is -2.35. The van der Waals surface area contributed by atoms with Crippen molar-refractivity contribution in [1.29, 1.82) is 0 Å². The zero-order valence-corrected chi connectivity index (χ0v) is 16.7. The first-order chi connectivity index (χ1) is 12.3. The highest BCUT2D eigenvalue weighted by Crippen LogP contribution is 2.35. The molecule has 0 atom stereocenters. The molecule has 3 N–H and O–H groups in total. The first-order valence-corrected chi connectivity index (χ1v) is 9.26. The van der Waals surface area contributed by atoms with Gasteiger partial charge in [0, 0.05) is 23.7 Å². The molecule has 0 aromatic heterocycles. The van der Waals surface area contributed by atoms with E-state index >= 15 is 0 Å². The Morgan fingerprint density at radius 1 is 1.11 bits per heavy atom. The summed E-state index contributed by atoms with van der Waals surface area (Å²) in [6.07, 6.45) is 4.70. The molecule has 0 spiro atoms. The van der Waals surface area contributed by atoms with Crippen molar-refractivity contribution in [2.24, 2.45) is 11.1 Å². The summed E-state index contributed by atoms with van der Waals surface area (Å²) in [5.41, 5.74) is 8.73. The van der Waals surface area contributed by atoms with Crippen molar-refractivity contribution in [2.75, 3.05) is 0 Å². The van der Waals surface area contributed by atoms with E-state index in [4.69, 9.17) is 5.73 Å². The highest BCUT2D eigenvalue weighted by Gasteiger charge is 2.26. The van der Waals surface area contributed by atoms with Gasteiger partial charge in [0.25, 0.3) is 0 Å². The summed E-state index contributed by atoms with van der Waals surface area (Å²) in [6.45, 7) is 5.16. The van der Waals surface area contributed by atoms with Crippen molar-refractivity contribution in [3.05, 3.63) is 59.4 Å². The van der Waals surface area contributed by atoms with Crippen LogP contribution in [0.15, 0.2) is 42.5 Å². The molecule has 1 saturated carbocycles. The topological polar surface area (TPSA) is 55.1 Å². The SMILES string of the molecule is CC1(C)CCC(NCc2cc(-c3ccc(C(N)=O)cc3)ccc2F)CC1.Cl. The van der Waals surface area contributed by atoms with Crippen molar-refractivity contribution in [3.8, 4) is 11.1 Å². The van der Waals surface area contributed by atoms with Crippen LogP contribution in [0.4, 0.5) is 4.39 Å². The minimum absolute atomic E-state index is 0. The predicted molar refractivity (Wildman–Crippen MR) is 110 cm³/mol. The normalized spacial score (nSPS) is 16.6. The molecule has 0 saturated heterocycles. The molecule has 0 radical (unpaired) electrons. The minimum Gasteiger partial charge on any atom is -0.366 e. The molecule has 1 fully saturated rings. The van der Waals surface area contributed by atoms with Gasteiger partial charge >= 0.3 is 0 Å². The average Bonchev–Trinajstić information content (AvgIpc) is 2.62. The van der Waals surface area contributed by atoms with Gasteiger partial charge in [0.1, 0.15) is 5.82 Å². The maximum Gasteiger partial charge on any atom is 0.248 e. The van der Waals surface area contributed by atoms with Crippen molar-refractivity contribution in [1.82, 2.24) is 5.32 Å². The molecule has 2 aromatic carbocycles. The van der Waals surface area contributed by atoms with Gasteiger partial charge < -0.3 is 11.1 Å². The summed E-state index contributed by atoms with van der Waals surface area (Å²) in [5.74, 6) is -0.637. The highest BCUT2D eigenvalue weighted by molar-refractivity contribution is 5.93. The number of hydrogen-bond donors (Lipinski definition) is 2. The first kappa shape index (κ1) is 21.4. The Balaban J connectivity index is 0.00000261. The third-order valence-corrected chi connectivity index (χ3v) is 5.47. The van der Waals surface area contributed by atoms with Gasteiger partial charge in [-0.1, -0.05) is 32.0 Å². The number of nitrogens with one attached hydrogen (secondary N) is 1. The van der Waals surface area contributed by atoms with Crippen LogP contribution in [0.2, 0.25) is 0 Å². The number of nitrogens with two attached hydrogens (primary N) is 1. The Kier molecular flexibility index (Phi) is 7.01. The van der Waals surface area contributed by atoms with Gasteiger partial charge in [-0.15, -0.1) is 12.4 Å². The molecule has 2 aromatic rings. The van der Waals surface area contributed by atoms with Crippen molar-refractivity contribution in [3.63, 3.8) is 0 Å². The maximum absolute atomic E-state index is 14.2. The number of amides is 1. The van der Waals surface area contributed by atoms with E-state index in [-0.39, 0.29) is 18.2 Å². The second-order valence-electron chi connectivity index (χ2n) is 8.07. The van der Waals surface area contributed by atoms with Crippen LogP contribution in [0.25, 0.3) is 11.1 Å². The molecule has 0 unspecified atom stereocenters. The third kappa shape index (κ3) is 5.53. The van der Waals surface area contributed by atoms with Crippen molar-refractivity contribution in [2.45, 2.75) is 52.1 Å². The van der Waals surface area contributed by atoms with Crippen LogP contribution in [0.1, 0.15) is 55.5 Å². The summed E-state index contributed by atoms with van der Waals surface area (Å²) in [5, 5.41) is 3.52. The van der Waals surface area contributed by atoms with Crippen LogP contribution >= 0.6 is 12.4 Å². The van der Waals surface area contributed by atoms with Crippen LogP contribution in [-0.4, -0.2) is 11.9 Å². The number of primary amides is 1. The lowest BCUT2D eigenvalue weighted by molar-refractivity contribution is 0.100. The average molecular weight is 391 g/mol. The van der Waals surface area contributed by atoms with E-state index in [1.807, 2.05) is 18.2 Å². The second-order valence-corrected chi connectivity index (χ2v) is 8.07. The van der Waals surface area contributed by atoms with E-state index in [2.05, 4.69) is 19.2 Å². The van der Waals surface area contributed by atoms with E-state index < -0.39 is 5.91 Å². The Morgan fingerprint density at radius 2 is 1.70 bits per heavy atom. The molecule has 0 aliphatic heterocycles. The monoisotopic (exact) mass is 390 g/mol. The van der Waals surface area contributed by atoms with E-state index in [9.17, 15) is 9.18 Å². The standard InChI is InChI=1S/C22H27FN2O.ClH/c1-22(2)11-9-19(10-12-22)25-14-18-13-17(7-8-20(18)23)15-3-5-16(6-4-15)21(24)26;/h3-8,13,19,25H,9-12,14H2,1-2H3,(H2,24,26);1H. The molecule has 146 valence electrons. The molecule has 3 rings (SSSR count). The quantitative estimate of drug-likeness (QED) is 0.748. The Hall–Kier alpha value is -1.91. The molecule has 1 amide bonds. The van der Waals surface area contributed by atoms with Gasteiger partial charge in [0.15, 0.2) is 0 Å². The molecule has 3 nitrogen and oxygen atoms in total. The zero-order valence-electron chi connectivity index (χ0n) is 15.9. The van der Waals surface area contributed by atoms with Gasteiger partial charge in [-0.3, -0.25) is 4.79 Å². The van der Waals surface area contributed by atoms with Crippen LogP contribution in [-0.2, 0) is 6.54 Å². The lowest BCUT2D eigenvalue weighted by Gasteiger charge is -2.34. The summed E-state index contributed by atoms with van der Waals surface area (Å²) in [4.78, 5) is 11.2. The Morgan fingerprint density at radius 3 is 2.30 bits per heavy atom. The molecule has 0 heterocycles. The Labute approximate surface area is 167 Å². The molecule has 0 bridgehead atoms. The second kappa shape index (κ2) is 8.85. The zero-order chi connectivity index (χ0) is 18.7. The van der Waals surface area contributed by atoms with Crippen LogP contribution in [0.5, 0.6) is 0 Å². The van der Waals surface area contributed by atoms with E-state index in [1.54, 1.807) is 18.2 Å². The molecule has 27 heavy (non-hydrogen) atoms. The number of carbonyl (C=O) groups is 1. The minimum atomic E-state index is -0.448. The first-order valence-electron chi connectivity index (χ1n) is 9.26. The molecular formula is C22H28ClFN2O. The van der Waals surface area contributed by atoms with Crippen molar-refractivity contribution < 1.29 is 9.18 Å². The summed E-state index contributed by atoms with van der Waals surface area (Å²) < 4.78 is 14.2. The van der Waals surface area contributed by atoms with Gasteiger partial charge in [0.2, 0.25) is 5.91 Å². The van der Waals surface area contributed by atoms with Gasteiger partial charge in [0.05, 0.1) is 0 Å². The van der Waals surface area contributed by atoms with Crippen LogP contribution in [0.3, 0.4) is 0 Å². The summed E-state index contributed by atoms with van der Waals surface area (Å²) in [6, 6.07) is 12.7. The summed E-state index contributed by atoms with van der Waals surface area (Å²) >= 11 is 0. The molecule has 1 aliphatic carbocycles. The number of rotatable bonds is 5. The largest absolute Gasteiger partial charge is 0.366 e. The van der Waals surface area contributed by atoms with Gasteiger partial charge in [-0.25, -0.2) is 4.39 Å². The summed E-state index contributed by atoms with van der Waals surface area (Å²) in [7, 11) is 0. The van der Waals surface area contributed by atoms with Crippen LogP contribution in [0, 0.1) is 11.2 Å². The fourth-order valence-electron chi connectivity index (χ4n) is 3.57. The van der Waals surface area contributed by atoms with Crippen LogP contribution < -0.4 is 11.1 Å². The predicted octanol–water partition coefficient (Wildman–Crippen LogP) is 5.07. The molecular weight excluding hydrogens is 363 g/mol. The maximum atomic E-state index is 14.2. The fraction of sp³-hybridized carbons (Fsp3) is 0.409. The van der Waals surface area contributed by atoms with E-state index in [0.717, 1.165) is 24.0 Å². The third-order valence-electron chi connectivity index (χ3n) is 5.47. The molecule has 5 heteroatoms. The lowest BCUT2D eigenvalue weighted by atomic mass is 9.75.